The van der Waals surface area contributed by atoms with Crippen molar-refractivity contribution in [2.45, 2.75) is 44.0 Å². The van der Waals surface area contributed by atoms with Crippen LogP contribution in [0, 0.1) is 11.8 Å². The van der Waals surface area contributed by atoms with Gasteiger partial charge >= 0.3 is 5.97 Å². The number of amides is 1. The summed E-state index contributed by atoms with van der Waals surface area (Å²) in [7, 11) is 0. The van der Waals surface area contributed by atoms with Gasteiger partial charge in [0.15, 0.2) is 6.61 Å². The van der Waals surface area contributed by atoms with Crippen molar-refractivity contribution in [3.05, 3.63) is 28.8 Å². The van der Waals surface area contributed by atoms with Crippen LogP contribution in [0.3, 0.4) is 0 Å². The van der Waals surface area contributed by atoms with Gasteiger partial charge in [0.1, 0.15) is 0 Å². The Morgan fingerprint density at radius 3 is 2.79 bits per heavy atom. The minimum absolute atomic E-state index is 0.156. The molecule has 0 aromatic heterocycles. The van der Waals surface area contributed by atoms with Crippen molar-refractivity contribution in [2.75, 3.05) is 12.9 Å². The Bertz CT molecular complexity index is 608. The number of hydrogen-bond donors (Lipinski definition) is 1. The van der Waals surface area contributed by atoms with Crippen molar-refractivity contribution in [2.24, 2.45) is 11.8 Å². The molecule has 6 heteroatoms. The van der Waals surface area contributed by atoms with E-state index in [0.717, 1.165) is 17.7 Å². The third-order valence-electron chi connectivity index (χ3n) is 4.78. The summed E-state index contributed by atoms with van der Waals surface area (Å²) in [6, 6.07) is 5.33. The largest absolute Gasteiger partial charge is 0.452 e. The molecule has 132 valence electrons. The standard InChI is InChI=1S/C18H24ClNO3S/c1-11-5-4-6-16(12(11)2)20-17(21)10-23-18(22)14-9-13(24-3)7-8-15(14)19/h7-9,11-12,16H,4-6,10H2,1-3H3,(H,20,21)/t11-,12+,16-/m1/s1. The fraction of sp³-hybridized carbons (Fsp3) is 0.556. The number of ether oxygens (including phenoxy) is 1. The molecular weight excluding hydrogens is 346 g/mol. The van der Waals surface area contributed by atoms with Crippen LogP contribution in [0.15, 0.2) is 23.1 Å². The summed E-state index contributed by atoms with van der Waals surface area (Å²) >= 11 is 7.55. The Labute approximate surface area is 152 Å². The number of rotatable bonds is 5. The van der Waals surface area contributed by atoms with Crippen LogP contribution in [0.4, 0.5) is 0 Å². The maximum Gasteiger partial charge on any atom is 0.340 e. The van der Waals surface area contributed by atoms with Crippen molar-refractivity contribution in [3.8, 4) is 0 Å². The summed E-state index contributed by atoms with van der Waals surface area (Å²) in [4.78, 5) is 25.2. The number of carbonyl (C=O) groups excluding carboxylic acids is 2. The first-order valence-corrected chi connectivity index (χ1v) is 9.82. The summed E-state index contributed by atoms with van der Waals surface area (Å²) in [6.45, 7) is 4.09. The molecule has 3 atom stereocenters. The van der Waals surface area contributed by atoms with Crippen LogP contribution in [0.1, 0.15) is 43.5 Å². The minimum atomic E-state index is -0.573. The summed E-state index contributed by atoms with van der Waals surface area (Å²) in [6.07, 6.45) is 5.21. The number of thioether (sulfide) groups is 1. The quantitative estimate of drug-likeness (QED) is 0.625. The van der Waals surface area contributed by atoms with Gasteiger partial charge in [0, 0.05) is 10.9 Å². The number of benzene rings is 1. The summed E-state index contributed by atoms with van der Waals surface area (Å²) < 4.78 is 5.13. The number of hydrogen-bond acceptors (Lipinski definition) is 4. The highest BCUT2D eigenvalue weighted by molar-refractivity contribution is 7.98. The maximum atomic E-state index is 12.2. The average Bonchev–Trinajstić information content (AvgIpc) is 2.57. The van der Waals surface area contributed by atoms with Crippen molar-refractivity contribution in [1.82, 2.24) is 5.32 Å². The van der Waals surface area contributed by atoms with Crippen molar-refractivity contribution in [1.29, 1.82) is 0 Å². The summed E-state index contributed by atoms with van der Waals surface area (Å²) in [5, 5.41) is 3.32. The van der Waals surface area contributed by atoms with Crippen LogP contribution < -0.4 is 5.32 Å². The third-order valence-corrected chi connectivity index (χ3v) is 5.84. The lowest BCUT2D eigenvalue weighted by Gasteiger charge is -2.34. The number of esters is 1. The molecule has 1 aromatic rings. The summed E-state index contributed by atoms with van der Waals surface area (Å²) in [5.74, 6) is 0.202. The van der Waals surface area contributed by atoms with E-state index in [2.05, 4.69) is 19.2 Å². The van der Waals surface area contributed by atoms with Crippen LogP contribution in [0.5, 0.6) is 0 Å². The molecule has 0 saturated heterocycles. The molecule has 4 nitrogen and oxygen atoms in total. The first kappa shape index (κ1) is 19.1. The molecule has 1 saturated carbocycles. The van der Waals surface area contributed by atoms with E-state index in [1.54, 1.807) is 12.1 Å². The molecule has 0 radical (unpaired) electrons. The molecule has 0 spiro atoms. The summed E-state index contributed by atoms with van der Waals surface area (Å²) in [5.41, 5.74) is 0.288. The number of nitrogens with one attached hydrogen (secondary N) is 1. The molecule has 1 aromatic carbocycles. The highest BCUT2D eigenvalue weighted by Gasteiger charge is 2.28. The van der Waals surface area contributed by atoms with Gasteiger partial charge in [0.05, 0.1) is 10.6 Å². The van der Waals surface area contributed by atoms with Gasteiger partial charge in [-0.15, -0.1) is 11.8 Å². The van der Waals surface area contributed by atoms with Crippen molar-refractivity contribution in [3.63, 3.8) is 0 Å². The molecule has 1 aliphatic carbocycles. The molecule has 24 heavy (non-hydrogen) atoms. The van der Waals surface area contributed by atoms with Gasteiger partial charge in [-0.2, -0.15) is 0 Å². The zero-order chi connectivity index (χ0) is 17.7. The van der Waals surface area contributed by atoms with Crippen LogP contribution in [-0.2, 0) is 9.53 Å². The lowest BCUT2D eigenvalue weighted by molar-refractivity contribution is -0.125. The predicted octanol–water partition coefficient (Wildman–Crippen LogP) is 4.16. The van der Waals surface area contributed by atoms with Crippen LogP contribution in [0.25, 0.3) is 0 Å². The molecule has 1 aliphatic rings. The van der Waals surface area contributed by atoms with E-state index >= 15 is 0 Å². The average molecular weight is 370 g/mol. The Morgan fingerprint density at radius 1 is 1.33 bits per heavy atom. The Kier molecular flexibility index (Phi) is 6.99. The Hall–Kier alpha value is -1.20. The van der Waals surface area contributed by atoms with Crippen LogP contribution in [-0.4, -0.2) is 30.8 Å². The van der Waals surface area contributed by atoms with Crippen molar-refractivity contribution >= 4 is 35.2 Å². The van der Waals surface area contributed by atoms with Gasteiger partial charge in [-0.25, -0.2) is 4.79 Å². The van der Waals surface area contributed by atoms with E-state index in [0.29, 0.717) is 16.9 Å². The van der Waals surface area contributed by atoms with Gasteiger partial charge in [-0.05, 0) is 42.7 Å². The van der Waals surface area contributed by atoms with Crippen LogP contribution >= 0.6 is 23.4 Å². The lowest BCUT2D eigenvalue weighted by Crippen LogP contribution is -2.45. The first-order chi connectivity index (χ1) is 11.4. The maximum absolute atomic E-state index is 12.2. The zero-order valence-electron chi connectivity index (χ0n) is 14.3. The fourth-order valence-electron chi connectivity index (χ4n) is 3.03. The molecule has 0 bridgehead atoms. The fourth-order valence-corrected chi connectivity index (χ4v) is 3.67. The zero-order valence-corrected chi connectivity index (χ0v) is 15.9. The highest BCUT2D eigenvalue weighted by atomic mass is 35.5. The topological polar surface area (TPSA) is 55.4 Å². The molecule has 1 amide bonds. The highest BCUT2D eigenvalue weighted by Crippen LogP contribution is 2.29. The van der Waals surface area contributed by atoms with E-state index in [1.165, 1.54) is 18.2 Å². The van der Waals surface area contributed by atoms with E-state index in [1.807, 2.05) is 12.3 Å². The van der Waals surface area contributed by atoms with E-state index in [9.17, 15) is 9.59 Å². The number of halogens is 1. The lowest BCUT2D eigenvalue weighted by atomic mass is 9.78. The van der Waals surface area contributed by atoms with Gasteiger partial charge in [-0.1, -0.05) is 38.3 Å². The first-order valence-electron chi connectivity index (χ1n) is 8.22. The van der Waals surface area contributed by atoms with E-state index in [4.69, 9.17) is 16.3 Å². The number of carbonyl (C=O) groups is 2. The second kappa shape index (κ2) is 8.77. The molecule has 0 heterocycles. The molecule has 0 aliphatic heterocycles. The minimum Gasteiger partial charge on any atom is -0.452 e. The van der Waals surface area contributed by atoms with Crippen molar-refractivity contribution < 1.29 is 14.3 Å². The molecule has 0 unspecified atom stereocenters. The Morgan fingerprint density at radius 2 is 2.08 bits per heavy atom. The predicted molar refractivity (Wildman–Crippen MR) is 97.6 cm³/mol. The smallest absolute Gasteiger partial charge is 0.340 e. The second-order valence-corrected chi connectivity index (χ2v) is 7.65. The van der Waals surface area contributed by atoms with Crippen LogP contribution in [0.2, 0.25) is 5.02 Å². The van der Waals surface area contributed by atoms with Gasteiger partial charge in [0.2, 0.25) is 0 Å². The van der Waals surface area contributed by atoms with E-state index in [-0.39, 0.29) is 24.1 Å². The third kappa shape index (κ3) is 4.90. The molecule has 1 N–H and O–H groups in total. The molecule has 1 fully saturated rings. The monoisotopic (exact) mass is 369 g/mol. The van der Waals surface area contributed by atoms with Gasteiger partial charge in [0.25, 0.3) is 5.91 Å². The Balaban J connectivity index is 1.88. The second-order valence-electron chi connectivity index (χ2n) is 6.36. The normalized spacial score (nSPS) is 23.6. The van der Waals surface area contributed by atoms with Gasteiger partial charge in [-0.3, -0.25) is 4.79 Å². The van der Waals surface area contributed by atoms with E-state index < -0.39 is 5.97 Å². The molecular formula is C18H24ClNO3S. The SMILES string of the molecule is CSc1ccc(Cl)c(C(=O)OCC(=O)N[C@@H]2CCC[C@@H](C)[C@@H]2C)c1. The molecule has 2 rings (SSSR count). The van der Waals surface area contributed by atoms with Gasteiger partial charge < -0.3 is 10.1 Å².